The molecule has 4 aromatic rings. The molecule has 2 amide bonds. The first-order valence-electron chi connectivity index (χ1n) is 12.2. The number of hydrogen-bond donors (Lipinski definition) is 2. The SMILES string of the molecule is CCN(CCN(C)C)c1cc(C(=O)Nc2ccccc2-c2nnc(C(=O)NC)s2)nc(-c2ccccc2)n1. The maximum absolute atomic E-state index is 13.5. The standard InChI is InChI=1S/C27H30N8O2S/c1-5-35(16-15-34(3)4)22-17-21(29-23(31-22)18-11-7-6-8-12-18)24(36)30-20-14-10-9-13-19(20)26-32-33-27(38-26)25(37)28-2/h6-14,17H,5,15-16H2,1-4H3,(H,28,37)(H,30,36). The molecule has 0 atom stereocenters. The molecular weight excluding hydrogens is 500 g/mol. The van der Waals surface area contributed by atoms with Gasteiger partial charge in [0.1, 0.15) is 16.5 Å². The highest BCUT2D eigenvalue weighted by molar-refractivity contribution is 7.16. The van der Waals surface area contributed by atoms with E-state index in [-0.39, 0.29) is 22.5 Å². The summed E-state index contributed by atoms with van der Waals surface area (Å²) in [6.45, 7) is 4.38. The average molecular weight is 531 g/mol. The Bertz CT molecular complexity index is 1410. The zero-order chi connectivity index (χ0) is 27.1. The van der Waals surface area contributed by atoms with Crippen LogP contribution in [-0.2, 0) is 0 Å². The molecule has 38 heavy (non-hydrogen) atoms. The van der Waals surface area contributed by atoms with Gasteiger partial charge in [-0.15, -0.1) is 10.2 Å². The summed E-state index contributed by atoms with van der Waals surface area (Å²) in [4.78, 5) is 39.1. The van der Waals surface area contributed by atoms with Gasteiger partial charge in [0.25, 0.3) is 11.8 Å². The Labute approximate surface area is 225 Å². The first kappa shape index (κ1) is 26.8. The molecule has 0 fully saturated rings. The third-order valence-corrected chi connectivity index (χ3v) is 6.71. The summed E-state index contributed by atoms with van der Waals surface area (Å²) in [5.74, 6) is 0.468. The Morgan fingerprint density at radius 1 is 0.921 bits per heavy atom. The van der Waals surface area contributed by atoms with E-state index in [1.165, 1.54) is 7.05 Å². The molecule has 2 N–H and O–H groups in total. The van der Waals surface area contributed by atoms with E-state index in [1.807, 2.05) is 62.6 Å². The molecular formula is C27H30N8O2S. The predicted molar refractivity (Wildman–Crippen MR) is 151 cm³/mol. The van der Waals surface area contributed by atoms with Crippen molar-refractivity contribution in [3.05, 3.63) is 71.4 Å². The van der Waals surface area contributed by atoms with Crippen LogP contribution in [0, 0.1) is 0 Å². The van der Waals surface area contributed by atoms with Crippen molar-refractivity contribution in [1.82, 2.24) is 30.4 Å². The largest absolute Gasteiger partial charge is 0.355 e. The van der Waals surface area contributed by atoms with Gasteiger partial charge < -0.3 is 20.4 Å². The normalized spacial score (nSPS) is 10.9. The van der Waals surface area contributed by atoms with E-state index in [0.717, 1.165) is 36.5 Å². The lowest BCUT2D eigenvalue weighted by atomic mass is 10.1. The first-order valence-corrected chi connectivity index (χ1v) is 13.0. The lowest BCUT2D eigenvalue weighted by molar-refractivity contribution is 0.0961. The third kappa shape index (κ3) is 6.36. The highest BCUT2D eigenvalue weighted by atomic mass is 32.1. The monoisotopic (exact) mass is 530 g/mol. The van der Waals surface area contributed by atoms with E-state index < -0.39 is 0 Å². The lowest BCUT2D eigenvalue weighted by Gasteiger charge is -2.24. The number of hydrogen-bond acceptors (Lipinski definition) is 9. The molecule has 196 valence electrons. The van der Waals surface area contributed by atoms with Crippen molar-refractivity contribution in [2.75, 3.05) is 51.0 Å². The summed E-state index contributed by atoms with van der Waals surface area (Å²) >= 11 is 1.15. The summed E-state index contributed by atoms with van der Waals surface area (Å²) in [5, 5.41) is 14.4. The van der Waals surface area contributed by atoms with Gasteiger partial charge in [0.05, 0.1) is 5.69 Å². The summed E-state index contributed by atoms with van der Waals surface area (Å²) in [6.07, 6.45) is 0. The van der Waals surface area contributed by atoms with Crippen LogP contribution in [0.1, 0.15) is 27.2 Å². The molecule has 0 aliphatic carbocycles. The molecule has 0 spiro atoms. The van der Waals surface area contributed by atoms with Crippen LogP contribution in [-0.4, -0.2) is 77.7 Å². The molecule has 0 unspecified atom stereocenters. The highest BCUT2D eigenvalue weighted by Crippen LogP contribution is 2.31. The van der Waals surface area contributed by atoms with Crippen LogP contribution in [0.15, 0.2) is 60.7 Å². The number of nitrogens with one attached hydrogen (secondary N) is 2. The smallest absolute Gasteiger partial charge is 0.282 e. The Balaban J connectivity index is 1.69. The lowest BCUT2D eigenvalue weighted by Crippen LogP contribution is -2.32. The molecule has 4 rings (SSSR count). The number of carbonyl (C=O) groups excluding carboxylic acids is 2. The van der Waals surface area contributed by atoms with Crippen LogP contribution in [0.4, 0.5) is 11.5 Å². The van der Waals surface area contributed by atoms with Gasteiger partial charge in [-0.1, -0.05) is 53.8 Å². The molecule has 0 saturated heterocycles. The van der Waals surface area contributed by atoms with E-state index >= 15 is 0 Å². The van der Waals surface area contributed by atoms with Crippen molar-refractivity contribution in [3.63, 3.8) is 0 Å². The summed E-state index contributed by atoms with van der Waals surface area (Å²) in [7, 11) is 5.59. The number of carbonyl (C=O) groups is 2. The fourth-order valence-corrected chi connectivity index (χ4v) is 4.51. The van der Waals surface area contributed by atoms with Gasteiger partial charge in [0.2, 0.25) is 5.01 Å². The molecule has 2 aromatic heterocycles. The van der Waals surface area contributed by atoms with Crippen molar-refractivity contribution < 1.29 is 9.59 Å². The molecule has 2 aromatic carbocycles. The van der Waals surface area contributed by atoms with E-state index in [0.29, 0.717) is 27.9 Å². The number of amides is 2. The Hall–Kier alpha value is -4.22. The van der Waals surface area contributed by atoms with Crippen molar-refractivity contribution in [2.45, 2.75) is 6.92 Å². The molecule has 0 bridgehead atoms. The Kier molecular flexibility index (Phi) is 8.72. The zero-order valence-corrected chi connectivity index (χ0v) is 22.6. The second kappa shape index (κ2) is 12.3. The number of para-hydroxylation sites is 1. The highest BCUT2D eigenvalue weighted by Gasteiger charge is 2.19. The molecule has 10 nitrogen and oxygen atoms in total. The van der Waals surface area contributed by atoms with Crippen molar-refractivity contribution in [1.29, 1.82) is 0 Å². The second-order valence-corrected chi connectivity index (χ2v) is 9.65. The van der Waals surface area contributed by atoms with Crippen LogP contribution in [0.2, 0.25) is 0 Å². The molecule has 0 saturated carbocycles. The van der Waals surface area contributed by atoms with E-state index in [4.69, 9.17) is 4.98 Å². The molecule has 0 aliphatic heterocycles. The quantitative estimate of drug-likeness (QED) is 0.319. The van der Waals surface area contributed by atoms with E-state index in [1.54, 1.807) is 12.1 Å². The molecule has 0 aliphatic rings. The number of benzene rings is 2. The van der Waals surface area contributed by atoms with Crippen LogP contribution in [0.3, 0.4) is 0 Å². The van der Waals surface area contributed by atoms with Gasteiger partial charge in [-0.3, -0.25) is 9.59 Å². The molecule has 2 heterocycles. The minimum atomic E-state index is -0.377. The van der Waals surface area contributed by atoms with E-state index in [9.17, 15) is 9.59 Å². The second-order valence-electron chi connectivity index (χ2n) is 8.68. The first-order chi connectivity index (χ1) is 18.4. The Morgan fingerprint density at radius 2 is 1.66 bits per heavy atom. The zero-order valence-electron chi connectivity index (χ0n) is 21.8. The minimum Gasteiger partial charge on any atom is -0.355 e. The predicted octanol–water partition coefficient (Wildman–Crippen LogP) is 3.66. The fourth-order valence-electron chi connectivity index (χ4n) is 3.68. The number of likely N-dealkylation sites (N-methyl/N-ethyl adjacent to an activating group) is 2. The third-order valence-electron chi connectivity index (χ3n) is 5.75. The van der Waals surface area contributed by atoms with Crippen LogP contribution < -0.4 is 15.5 Å². The topological polar surface area (TPSA) is 116 Å². The van der Waals surface area contributed by atoms with Gasteiger partial charge in [-0.25, -0.2) is 9.97 Å². The van der Waals surface area contributed by atoms with Gasteiger partial charge in [-0.2, -0.15) is 0 Å². The number of aromatic nitrogens is 4. The number of nitrogens with zero attached hydrogens (tertiary/aromatic N) is 6. The maximum Gasteiger partial charge on any atom is 0.282 e. The summed E-state index contributed by atoms with van der Waals surface area (Å²) in [5.41, 5.74) is 2.27. The van der Waals surface area contributed by atoms with Gasteiger partial charge in [-0.05, 0) is 33.2 Å². The minimum absolute atomic E-state index is 0.244. The summed E-state index contributed by atoms with van der Waals surface area (Å²) in [6, 6.07) is 18.6. The van der Waals surface area contributed by atoms with Crippen LogP contribution in [0.5, 0.6) is 0 Å². The summed E-state index contributed by atoms with van der Waals surface area (Å²) < 4.78 is 0. The van der Waals surface area contributed by atoms with E-state index in [2.05, 4.69) is 42.5 Å². The van der Waals surface area contributed by atoms with Gasteiger partial charge >= 0.3 is 0 Å². The van der Waals surface area contributed by atoms with Crippen molar-refractivity contribution in [3.8, 4) is 22.0 Å². The van der Waals surface area contributed by atoms with Crippen molar-refractivity contribution >= 4 is 34.7 Å². The maximum atomic E-state index is 13.5. The van der Waals surface area contributed by atoms with Crippen LogP contribution in [0.25, 0.3) is 22.0 Å². The number of rotatable bonds is 10. The molecule has 0 radical (unpaired) electrons. The number of anilines is 2. The van der Waals surface area contributed by atoms with Crippen LogP contribution >= 0.6 is 11.3 Å². The Morgan fingerprint density at radius 3 is 2.37 bits per heavy atom. The molecule has 11 heteroatoms. The van der Waals surface area contributed by atoms with Gasteiger partial charge in [0.15, 0.2) is 5.82 Å². The fraction of sp³-hybridized carbons (Fsp3) is 0.259. The van der Waals surface area contributed by atoms with Crippen molar-refractivity contribution in [2.24, 2.45) is 0 Å². The van der Waals surface area contributed by atoms with Gasteiger partial charge in [0, 0.05) is 43.9 Å². The average Bonchev–Trinajstić information content (AvgIpc) is 3.43.